The number of ether oxygens (including phenoxy) is 1. The Labute approximate surface area is 146 Å². The SMILES string of the molecule is N#Cc1ccc(/C=C2\OC(=O)C(c3ccc(C(F)(F)F)cc3)C2=O)cc1. The van der Waals surface area contributed by atoms with Crippen molar-refractivity contribution < 1.29 is 27.5 Å². The molecule has 130 valence electrons. The second-order valence-electron chi connectivity index (χ2n) is 5.58. The number of Topliss-reactive ketones (excluding diaryl/α,β-unsaturated/α-hetero) is 1. The van der Waals surface area contributed by atoms with Crippen molar-refractivity contribution in [1.29, 1.82) is 5.26 Å². The number of alkyl halides is 3. The zero-order chi connectivity index (χ0) is 18.9. The van der Waals surface area contributed by atoms with Gasteiger partial charge in [-0.1, -0.05) is 24.3 Å². The summed E-state index contributed by atoms with van der Waals surface area (Å²) >= 11 is 0. The van der Waals surface area contributed by atoms with Crippen LogP contribution in [0.5, 0.6) is 0 Å². The molecule has 1 saturated heterocycles. The molecule has 1 atom stereocenters. The number of hydrogen-bond acceptors (Lipinski definition) is 4. The molecule has 7 heteroatoms. The van der Waals surface area contributed by atoms with Crippen LogP contribution in [0, 0.1) is 11.3 Å². The van der Waals surface area contributed by atoms with Crippen molar-refractivity contribution in [2.24, 2.45) is 0 Å². The van der Waals surface area contributed by atoms with Gasteiger partial charge < -0.3 is 4.74 Å². The lowest BCUT2D eigenvalue weighted by Crippen LogP contribution is -2.13. The first-order chi connectivity index (χ1) is 12.3. The molecule has 0 radical (unpaired) electrons. The van der Waals surface area contributed by atoms with Crippen molar-refractivity contribution in [3.8, 4) is 6.07 Å². The third-order valence-corrected chi connectivity index (χ3v) is 3.86. The largest absolute Gasteiger partial charge is 0.422 e. The second-order valence-corrected chi connectivity index (χ2v) is 5.58. The molecule has 1 aliphatic rings. The van der Waals surface area contributed by atoms with E-state index in [9.17, 15) is 22.8 Å². The van der Waals surface area contributed by atoms with E-state index in [0.717, 1.165) is 24.3 Å². The van der Waals surface area contributed by atoms with Gasteiger partial charge in [-0.25, -0.2) is 0 Å². The van der Waals surface area contributed by atoms with Crippen LogP contribution in [-0.2, 0) is 20.5 Å². The zero-order valence-electron chi connectivity index (χ0n) is 13.1. The minimum absolute atomic E-state index is 0.135. The summed E-state index contributed by atoms with van der Waals surface area (Å²) in [4.78, 5) is 24.5. The molecule has 0 bridgehead atoms. The predicted molar refractivity (Wildman–Crippen MR) is 84.4 cm³/mol. The minimum Gasteiger partial charge on any atom is -0.422 e. The van der Waals surface area contributed by atoms with E-state index in [2.05, 4.69) is 0 Å². The zero-order valence-corrected chi connectivity index (χ0v) is 13.1. The van der Waals surface area contributed by atoms with Gasteiger partial charge in [0.15, 0.2) is 5.76 Å². The van der Waals surface area contributed by atoms with Crippen LogP contribution in [0.15, 0.2) is 54.3 Å². The Bertz CT molecular complexity index is 936. The highest BCUT2D eigenvalue weighted by Gasteiger charge is 2.41. The molecule has 0 N–H and O–H groups in total. The monoisotopic (exact) mass is 357 g/mol. The van der Waals surface area contributed by atoms with E-state index >= 15 is 0 Å². The van der Waals surface area contributed by atoms with Crippen molar-refractivity contribution in [2.75, 3.05) is 0 Å². The lowest BCUT2D eigenvalue weighted by Gasteiger charge is -2.08. The van der Waals surface area contributed by atoms with Gasteiger partial charge in [0.05, 0.1) is 17.2 Å². The molecule has 1 fully saturated rings. The topological polar surface area (TPSA) is 67.2 Å². The Morgan fingerprint density at radius 2 is 1.62 bits per heavy atom. The molecule has 26 heavy (non-hydrogen) atoms. The molecule has 0 spiro atoms. The van der Waals surface area contributed by atoms with E-state index in [4.69, 9.17) is 10.00 Å². The van der Waals surface area contributed by atoms with Crippen LogP contribution in [0.3, 0.4) is 0 Å². The van der Waals surface area contributed by atoms with E-state index in [0.29, 0.717) is 11.1 Å². The third-order valence-electron chi connectivity index (χ3n) is 3.86. The fraction of sp³-hybridized carbons (Fsp3) is 0.105. The Morgan fingerprint density at radius 1 is 1.00 bits per heavy atom. The molecule has 2 aromatic rings. The molecular formula is C19H10F3NO3. The summed E-state index contributed by atoms with van der Waals surface area (Å²) in [6, 6.07) is 12.0. The maximum absolute atomic E-state index is 12.6. The second kappa shape index (κ2) is 6.48. The van der Waals surface area contributed by atoms with Crippen LogP contribution in [0.25, 0.3) is 6.08 Å². The first-order valence-corrected chi connectivity index (χ1v) is 7.44. The number of rotatable bonds is 2. The van der Waals surface area contributed by atoms with Gasteiger partial charge in [-0.15, -0.1) is 0 Å². The Kier molecular flexibility index (Phi) is 4.34. The van der Waals surface area contributed by atoms with Gasteiger partial charge >= 0.3 is 12.1 Å². The van der Waals surface area contributed by atoms with Crippen molar-refractivity contribution in [3.05, 3.63) is 76.5 Å². The number of benzene rings is 2. The van der Waals surface area contributed by atoms with Gasteiger partial charge in [0, 0.05) is 0 Å². The van der Waals surface area contributed by atoms with E-state index in [1.807, 2.05) is 6.07 Å². The van der Waals surface area contributed by atoms with Crippen LogP contribution in [-0.4, -0.2) is 11.8 Å². The highest BCUT2D eigenvalue weighted by molar-refractivity contribution is 6.19. The minimum atomic E-state index is -4.50. The van der Waals surface area contributed by atoms with E-state index < -0.39 is 29.4 Å². The molecule has 1 aliphatic heterocycles. The summed E-state index contributed by atoms with van der Waals surface area (Å²) in [6.45, 7) is 0. The maximum Gasteiger partial charge on any atom is 0.416 e. The number of nitriles is 1. The number of cyclic esters (lactones) is 1. The van der Waals surface area contributed by atoms with E-state index in [1.165, 1.54) is 6.08 Å². The first-order valence-electron chi connectivity index (χ1n) is 7.44. The molecule has 0 aromatic heterocycles. The van der Waals surface area contributed by atoms with E-state index in [-0.39, 0.29) is 11.3 Å². The number of esters is 1. The molecule has 1 unspecified atom stereocenters. The average molecular weight is 357 g/mol. The number of halogens is 3. The van der Waals surface area contributed by atoms with E-state index in [1.54, 1.807) is 24.3 Å². The van der Waals surface area contributed by atoms with Crippen LogP contribution < -0.4 is 0 Å². The number of carbonyl (C=O) groups is 2. The summed E-state index contributed by atoms with van der Waals surface area (Å²) in [5.74, 6) is -2.94. The molecule has 3 rings (SSSR count). The van der Waals surface area contributed by atoms with Crippen molar-refractivity contribution in [2.45, 2.75) is 12.1 Å². The molecular weight excluding hydrogens is 347 g/mol. The normalized spacial score (nSPS) is 18.7. The Hall–Kier alpha value is -3.40. The number of nitrogens with zero attached hydrogens (tertiary/aromatic N) is 1. The van der Waals surface area contributed by atoms with Crippen LogP contribution in [0.1, 0.15) is 28.2 Å². The molecule has 4 nitrogen and oxygen atoms in total. The van der Waals surface area contributed by atoms with Crippen LogP contribution >= 0.6 is 0 Å². The maximum atomic E-state index is 12.6. The highest BCUT2D eigenvalue weighted by atomic mass is 19.4. The summed E-state index contributed by atoms with van der Waals surface area (Å²) in [6.07, 6.45) is -3.15. The van der Waals surface area contributed by atoms with Crippen LogP contribution in [0.4, 0.5) is 13.2 Å². The van der Waals surface area contributed by atoms with Crippen LogP contribution in [0.2, 0.25) is 0 Å². The van der Waals surface area contributed by atoms with Gasteiger partial charge in [-0.05, 0) is 41.5 Å². The van der Waals surface area contributed by atoms with Crippen molar-refractivity contribution in [1.82, 2.24) is 0 Å². The number of ketones is 1. The smallest absolute Gasteiger partial charge is 0.416 e. The van der Waals surface area contributed by atoms with Gasteiger partial charge in [-0.3, -0.25) is 9.59 Å². The highest BCUT2D eigenvalue weighted by Crippen LogP contribution is 2.34. The van der Waals surface area contributed by atoms with Gasteiger partial charge in [0.25, 0.3) is 0 Å². The van der Waals surface area contributed by atoms with Gasteiger partial charge in [0.2, 0.25) is 5.78 Å². The first kappa shape index (κ1) is 17.4. The quantitative estimate of drug-likeness (QED) is 0.465. The summed E-state index contributed by atoms with van der Waals surface area (Å²) in [7, 11) is 0. The number of allylic oxidation sites excluding steroid dienone is 1. The summed E-state index contributed by atoms with van der Waals surface area (Å²) in [5, 5.41) is 8.76. The fourth-order valence-electron chi connectivity index (χ4n) is 2.52. The van der Waals surface area contributed by atoms with Gasteiger partial charge in [0.1, 0.15) is 5.92 Å². The fourth-order valence-corrected chi connectivity index (χ4v) is 2.52. The summed E-state index contributed by atoms with van der Waals surface area (Å²) in [5.41, 5.74) is 0.252. The molecule has 1 heterocycles. The lowest BCUT2D eigenvalue weighted by molar-refractivity contribution is -0.137. The Balaban J connectivity index is 1.87. The van der Waals surface area contributed by atoms with Gasteiger partial charge in [-0.2, -0.15) is 18.4 Å². The van der Waals surface area contributed by atoms with Crippen molar-refractivity contribution in [3.63, 3.8) is 0 Å². The molecule has 0 saturated carbocycles. The average Bonchev–Trinajstić information content (AvgIpc) is 2.88. The standard InChI is InChI=1S/C19H10F3NO3/c20-19(21,22)14-7-5-13(6-8-14)16-17(24)15(26-18(16)25)9-11-1-3-12(10-23)4-2-11/h1-9,16H/b15-9-. The number of carbonyl (C=O) groups excluding carboxylic acids is 2. The number of hydrogen-bond donors (Lipinski definition) is 0. The molecule has 2 aromatic carbocycles. The molecule has 0 amide bonds. The third kappa shape index (κ3) is 3.35. The molecule has 0 aliphatic carbocycles. The predicted octanol–water partition coefficient (Wildman–Crippen LogP) is 3.83. The Morgan fingerprint density at radius 3 is 2.15 bits per heavy atom. The van der Waals surface area contributed by atoms with Crippen molar-refractivity contribution >= 4 is 17.8 Å². The summed E-state index contributed by atoms with van der Waals surface area (Å²) < 4.78 is 42.8. The lowest BCUT2D eigenvalue weighted by atomic mass is 9.94.